The van der Waals surface area contributed by atoms with Gasteiger partial charge in [0.25, 0.3) is 7.41 Å². The van der Waals surface area contributed by atoms with Crippen molar-refractivity contribution in [1.82, 2.24) is 0 Å². The van der Waals surface area contributed by atoms with Gasteiger partial charge < -0.3 is 35.7 Å². The third-order valence-corrected chi connectivity index (χ3v) is 12.6. The molecule has 6 aromatic carbocycles. The number of ether oxygens (including phenoxy) is 2. The molecule has 0 bridgehead atoms. The number of fused-ring (bicyclic) bond motifs is 1. The number of nitrogen functional groups attached to an aromatic ring is 1. The summed E-state index contributed by atoms with van der Waals surface area (Å²) in [5.74, 6) is -1.15. The maximum absolute atomic E-state index is 14.3. The van der Waals surface area contributed by atoms with Gasteiger partial charge in [-0.05, 0) is 65.5 Å². The SMILES string of the molecule is CCCCCCCCOC(=O)c1ccc([B]Nc2cccc3ccc(C4=C(O)/C(=c5\ccc6cccc7c6c5=NB(c5ccc(C(=O)OCCCCCCCC)cc5)N7)C4=O)c(N)c23)cc1. The number of nitrogens with zero attached hydrogens (tertiary/aromatic N) is 1. The first-order valence-electron chi connectivity index (χ1n) is 23.6. The van der Waals surface area contributed by atoms with Crippen LogP contribution in [-0.4, -0.2) is 50.4 Å². The van der Waals surface area contributed by atoms with Crippen molar-refractivity contribution in [3.8, 4) is 0 Å². The van der Waals surface area contributed by atoms with Crippen LogP contribution in [0.1, 0.15) is 117 Å². The van der Waals surface area contributed by atoms with E-state index in [1.165, 1.54) is 38.5 Å². The van der Waals surface area contributed by atoms with Crippen LogP contribution in [-0.2, 0) is 14.3 Å². The molecule has 2 aliphatic rings. The second kappa shape index (κ2) is 21.5. The Morgan fingerprint density at radius 2 is 1.26 bits per heavy atom. The van der Waals surface area contributed by atoms with E-state index in [0.717, 1.165) is 71.3 Å². The van der Waals surface area contributed by atoms with Gasteiger partial charge in [0.2, 0.25) is 5.78 Å². The maximum atomic E-state index is 14.3. The number of nitrogens with one attached hydrogen (secondary N) is 2. The van der Waals surface area contributed by atoms with Gasteiger partial charge in [0, 0.05) is 38.6 Å². The van der Waals surface area contributed by atoms with E-state index in [1.54, 1.807) is 30.3 Å². The topological polar surface area (TPSA) is 152 Å². The number of carbonyl (C=O) groups excluding carboxylic acids is 3. The van der Waals surface area contributed by atoms with Crippen molar-refractivity contribution in [2.45, 2.75) is 90.9 Å². The first-order valence-corrected chi connectivity index (χ1v) is 23.6. The fourth-order valence-corrected chi connectivity index (χ4v) is 8.87. The van der Waals surface area contributed by atoms with Gasteiger partial charge in [0.1, 0.15) is 5.76 Å². The molecule has 0 spiro atoms. The van der Waals surface area contributed by atoms with Crippen molar-refractivity contribution < 1.29 is 29.0 Å². The van der Waals surface area contributed by atoms with Crippen LogP contribution in [0.4, 0.5) is 17.1 Å². The first kappa shape index (κ1) is 45.7. The molecular weight excluding hydrogens is 822 g/mol. The van der Waals surface area contributed by atoms with E-state index in [2.05, 4.69) is 24.3 Å². The molecule has 6 aromatic rings. The molecule has 0 unspecified atom stereocenters. The van der Waals surface area contributed by atoms with E-state index in [1.807, 2.05) is 86.3 Å². The Hall–Kier alpha value is -6.81. The Balaban J connectivity index is 1.01. The Morgan fingerprint density at radius 1 is 0.682 bits per heavy atom. The van der Waals surface area contributed by atoms with Crippen LogP contribution in [0.2, 0.25) is 0 Å². The number of unbranched alkanes of at least 4 members (excludes halogenated alkanes) is 10. The van der Waals surface area contributed by atoms with Gasteiger partial charge >= 0.3 is 18.9 Å². The van der Waals surface area contributed by atoms with Crippen LogP contribution >= 0.6 is 0 Å². The first-order chi connectivity index (χ1) is 32.3. The lowest BCUT2D eigenvalue weighted by atomic mass is 9.67. The predicted octanol–water partition coefficient (Wildman–Crippen LogP) is 9.11. The molecule has 1 radical (unpaired) electrons. The van der Waals surface area contributed by atoms with E-state index in [0.29, 0.717) is 57.2 Å². The quantitative estimate of drug-likeness (QED) is 0.0240. The lowest BCUT2D eigenvalue weighted by Crippen LogP contribution is -2.46. The molecular formula is C54H57B2N4O6. The van der Waals surface area contributed by atoms with E-state index in [4.69, 9.17) is 20.1 Å². The molecule has 12 heteroatoms. The number of anilines is 3. The number of hydrogen-bond acceptors (Lipinski definition) is 10. The fraction of sp³-hybridized carbons (Fsp3) is 0.296. The lowest BCUT2D eigenvalue weighted by Gasteiger charge is -2.25. The molecule has 0 atom stereocenters. The number of carbonyl (C=O) groups is 3. The number of nitrogens with two attached hydrogens (primary N) is 1. The zero-order valence-corrected chi connectivity index (χ0v) is 38.0. The van der Waals surface area contributed by atoms with Gasteiger partial charge in [-0.1, -0.05) is 156 Å². The summed E-state index contributed by atoms with van der Waals surface area (Å²) >= 11 is 0. The average Bonchev–Trinajstić information content (AvgIpc) is 3.34. The molecule has 10 nitrogen and oxygen atoms in total. The summed E-state index contributed by atoms with van der Waals surface area (Å²) in [4.78, 5) is 44.9. The highest BCUT2D eigenvalue weighted by Crippen LogP contribution is 2.42. The van der Waals surface area contributed by atoms with Crippen LogP contribution in [0.5, 0.6) is 0 Å². The summed E-state index contributed by atoms with van der Waals surface area (Å²) in [6.45, 7) is 4.69. The van der Waals surface area contributed by atoms with Crippen LogP contribution < -0.4 is 37.7 Å². The minimum Gasteiger partial charge on any atom is -0.506 e. The van der Waals surface area contributed by atoms with Crippen molar-refractivity contribution in [2.75, 3.05) is 29.4 Å². The number of aliphatic hydroxyl groups excluding tert-OH is 1. The van der Waals surface area contributed by atoms with Gasteiger partial charge in [-0.15, -0.1) is 0 Å². The van der Waals surface area contributed by atoms with Crippen LogP contribution in [0.3, 0.4) is 0 Å². The van der Waals surface area contributed by atoms with Crippen LogP contribution in [0.15, 0.2) is 120 Å². The van der Waals surface area contributed by atoms with E-state index in [-0.39, 0.29) is 34.6 Å². The molecule has 1 heterocycles. The zero-order valence-electron chi connectivity index (χ0n) is 38.0. The highest BCUT2D eigenvalue weighted by Gasteiger charge is 2.37. The highest BCUT2D eigenvalue weighted by atomic mass is 16.5. The predicted molar refractivity (Wildman–Crippen MR) is 269 cm³/mol. The molecule has 66 heavy (non-hydrogen) atoms. The Kier molecular flexibility index (Phi) is 14.9. The summed E-state index contributed by atoms with van der Waals surface area (Å²) in [7, 11) is 1.83. The third kappa shape index (κ3) is 10.0. The third-order valence-electron chi connectivity index (χ3n) is 12.6. The van der Waals surface area contributed by atoms with Crippen molar-refractivity contribution in [1.29, 1.82) is 0 Å². The van der Waals surface area contributed by atoms with Gasteiger partial charge in [-0.25, -0.2) is 9.59 Å². The number of rotatable bonds is 21. The van der Waals surface area contributed by atoms with Crippen LogP contribution in [0.25, 0.3) is 32.7 Å². The number of aliphatic hydroxyl groups is 1. The highest BCUT2D eigenvalue weighted by molar-refractivity contribution is 6.75. The number of esters is 2. The minimum atomic E-state index is -0.521. The lowest BCUT2D eigenvalue weighted by molar-refractivity contribution is -0.109. The minimum absolute atomic E-state index is 0.143. The van der Waals surface area contributed by atoms with Crippen LogP contribution in [0, 0.1) is 0 Å². The number of benzene rings is 6. The van der Waals surface area contributed by atoms with E-state index < -0.39 is 6.98 Å². The molecule has 1 aliphatic heterocycles. The van der Waals surface area contributed by atoms with Gasteiger partial charge in [0.15, 0.2) is 0 Å². The number of ketones is 1. The van der Waals surface area contributed by atoms with Gasteiger partial charge in [-0.3, -0.25) is 4.79 Å². The summed E-state index contributed by atoms with van der Waals surface area (Å²) in [5, 5.41) is 23.2. The van der Waals surface area contributed by atoms with E-state index >= 15 is 0 Å². The largest absolute Gasteiger partial charge is 0.506 e. The number of allylic oxidation sites excluding steroid dienone is 2. The summed E-state index contributed by atoms with van der Waals surface area (Å²) in [6, 6.07) is 33.6. The monoisotopic (exact) mass is 879 g/mol. The molecule has 0 fully saturated rings. The van der Waals surface area contributed by atoms with Crippen molar-refractivity contribution in [2.24, 2.45) is 4.90 Å². The van der Waals surface area contributed by atoms with Gasteiger partial charge in [-0.2, -0.15) is 0 Å². The van der Waals surface area contributed by atoms with Crippen molar-refractivity contribution >= 4 is 92.8 Å². The molecule has 335 valence electrons. The number of Topliss-reactive ketones (excluding diaryl/α,β-unsaturated/α-hetero) is 1. The fourth-order valence-electron chi connectivity index (χ4n) is 8.87. The Morgan fingerprint density at radius 3 is 1.89 bits per heavy atom. The summed E-state index contributed by atoms with van der Waals surface area (Å²) < 4.78 is 11.0. The molecule has 8 rings (SSSR count). The molecule has 0 amide bonds. The van der Waals surface area contributed by atoms with E-state index in [9.17, 15) is 19.5 Å². The zero-order chi connectivity index (χ0) is 46.0. The standard InChI is InChI=1S/C54H57B2N4O6/c1-3-5-7-9-11-13-33-65-53(63)37-21-27-39(28-22-37)55-58-43-19-15-17-35-25-31-41(49(57)45(35)43)47-51(61)48(52(47)62)42-32-26-36-18-16-20-44-46(36)50(42)60-56(59-44)40-29-23-38(24-30-40)54(64)66-34-14-12-10-8-6-4-2/h15-32,58-59,61H,3-14,33-34,57H2,1-2H3/b48-42-. The Bertz CT molecular complexity index is 2920. The molecule has 0 saturated carbocycles. The molecule has 0 aromatic heterocycles. The average molecular weight is 880 g/mol. The second-order valence-corrected chi connectivity index (χ2v) is 17.2. The van der Waals surface area contributed by atoms with Gasteiger partial charge in [0.05, 0.1) is 40.8 Å². The number of hydrogen-bond donors (Lipinski definition) is 4. The molecule has 5 N–H and O–H groups in total. The smallest absolute Gasteiger partial charge is 0.427 e. The maximum Gasteiger partial charge on any atom is 0.427 e. The molecule has 0 saturated heterocycles. The van der Waals surface area contributed by atoms with Crippen molar-refractivity contribution in [3.05, 3.63) is 142 Å². The van der Waals surface area contributed by atoms with Crippen molar-refractivity contribution in [3.63, 3.8) is 0 Å². The summed E-state index contributed by atoms with van der Waals surface area (Å²) in [5.41, 5.74) is 12.2. The molecule has 1 aliphatic carbocycles. The second-order valence-electron chi connectivity index (χ2n) is 17.2. The summed E-state index contributed by atoms with van der Waals surface area (Å²) in [6.07, 6.45) is 13.4. The normalized spacial score (nSPS) is 13.8. The Labute approximate surface area is 387 Å².